The van der Waals surface area contributed by atoms with Gasteiger partial charge in [0.1, 0.15) is 36.6 Å². The van der Waals surface area contributed by atoms with Gasteiger partial charge in [0.15, 0.2) is 0 Å². The zero-order chi connectivity index (χ0) is 35.6. The molecule has 8 atom stereocenters. The third-order valence-electron chi connectivity index (χ3n) is 7.93. The number of nitrogens with two attached hydrogens (primary N) is 1. The molecular formula is C32H53N3O12S. The zero-order valence-electron chi connectivity index (χ0n) is 27.1. The fourth-order valence-corrected chi connectivity index (χ4v) is 5.82. The molecule has 0 aliphatic rings. The van der Waals surface area contributed by atoms with Crippen LogP contribution in [0.25, 0.3) is 10.4 Å². The number of carbonyl (C=O) groups is 1. The van der Waals surface area contributed by atoms with Crippen LogP contribution in [0.15, 0.2) is 30.5 Å². The molecule has 274 valence electrons. The second-order valence-corrected chi connectivity index (χ2v) is 13.0. The molecule has 1 aromatic carbocycles. The Morgan fingerprint density at radius 3 is 1.88 bits per heavy atom. The van der Waals surface area contributed by atoms with E-state index in [-0.39, 0.29) is 32.7 Å². The van der Waals surface area contributed by atoms with Gasteiger partial charge in [-0.25, -0.2) is 4.98 Å². The van der Waals surface area contributed by atoms with E-state index in [1.807, 2.05) is 0 Å². The first kappa shape index (κ1) is 42.0. The molecule has 0 aliphatic carbocycles. The van der Waals surface area contributed by atoms with Gasteiger partial charge >= 0.3 is 5.97 Å². The lowest BCUT2D eigenvalue weighted by Gasteiger charge is -2.33. The summed E-state index contributed by atoms with van der Waals surface area (Å²) < 4.78 is 5.33. The number of aromatic nitrogens is 1. The smallest absolute Gasteiger partial charge is 0.306 e. The number of rotatable bonds is 25. The molecule has 12 N–H and O–H groups in total. The fourth-order valence-electron chi connectivity index (χ4n) is 4.90. The quantitative estimate of drug-likeness (QED) is 0.0378. The van der Waals surface area contributed by atoms with Crippen LogP contribution < -0.4 is 5.73 Å². The summed E-state index contributed by atoms with van der Waals surface area (Å²) in [5.74, 6) is -0.407. The minimum absolute atomic E-state index is 0.0760. The molecule has 1 heterocycles. The van der Waals surface area contributed by atoms with Gasteiger partial charge in [-0.05, 0) is 56.3 Å². The molecule has 0 unspecified atom stereocenters. The summed E-state index contributed by atoms with van der Waals surface area (Å²) in [5.41, 5.74) is 7.87. The maximum Gasteiger partial charge on any atom is 0.306 e. The third kappa shape index (κ3) is 14.4. The standard InChI is InChI=1S/C32H53N3O12S/c33-12-2-1-5-20-6-8-21(9-7-20)26-15-34-27(48-26)10-11-28(42)47-14-4-3-13-35(16-22(38)29(43)31(45)24(40)18-36)17-23(39)30(44)32(46)25(41)19-37/h6-9,15,22-25,29-32,36-41,43-46H,1-5,10-14,16-19,33H2/t22-,23-,24+,25+,29+,30+,31+,32+/m0/s1. The van der Waals surface area contributed by atoms with Gasteiger partial charge < -0.3 is 61.5 Å². The van der Waals surface area contributed by atoms with Crippen LogP contribution >= 0.6 is 11.3 Å². The molecular weight excluding hydrogens is 650 g/mol. The first-order chi connectivity index (χ1) is 22.9. The number of thiazole rings is 1. The molecule has 2 rings (SSSR count). The lowest BCUT2D eigenvalue weighted by molar-refractivity contribution is -0.143. The first-order valence-electron chi connectivity index (χ1n) is 16.2. The lowest BCUT2D eigenvalue weighted by atomic mass is 10.0. The molecule has 0 bridgehead atoms. The van der Waals surface area contributed by atoms with Gasteiger partial charge in [-0.2, -0.15) is 0 Å². The van der Waals surface area contributed by atoms with Crippen LogP contribution in [-0.4, -0.2) is 162 Å². The highest BCUT2D eigenvalue weighted by Gasteiger charge is 2.34. The normalized spacial score (nSPS) is 17.0. The monoisotopic (exact) mass is 703 g/mol. The van der Waals surface area contributed by atoms with Crippen LogP contribution in [0, 0.1) is 0 Å². The van der Waals surface area contributed by atoms with Gasteiger partial charge in [0.2, 0.25) is 0 Å². The number of aryl methyl sites for hydroxylation is 2. The lowest BCUT2D eigenvalue weighted by Crippen LogP contribution is -2.53. The molecule has 0 saturated heterocycles. The Balaban J connectivity index is 1.83. The maximum absolute atomic E-state index is 12.4. The topological polar surface area (TPSA) is 271 Å². The summed E-state index contributed by atoms with van der Waals surface area (Å²) in [7, 11) is 0. The number of unbranched alkanes of at least 4 members (excludes halogenated alkanes) is 2. The van der Waals surface area contributed by atoms with Gasteiger partial charge in [0.05, 0.1) is 48.3 Å². The fraction of sp³-hybridized carbons (Fsp3) is 0.688. The van der Waals surface area contributed by atoms with Crippen LogP contribution in [0.1, 0.15) is 42.7 Å². The summed E-state index contributed by atoms with van der Waals surface area (Å²) in [6.07, 6.45) is -8.12. The summed E-state index contributed by atoms with van der Waals surface area (Å²) >= 11 is 1.51. The first-order valence-corrected chi connectivity index (χ1v) is 17.0. The van der Waals surface area contributed by atoms with E-state index in [1.54, 1.807) is 6.20 Å². The van der Waals surface area contributed by atoms with Crippen LogP contribution in [0.3, 0.4) is 0 Å². The molecule has 16 heteroatoms. The van der Waals surface area contributed by atoms with Gasteiger partial charge in [-0.1, -0.05) is 24.3 Å². The van der Waals surface area contributed by atoms with E-state index in [2.05, 4.69) is 29.2 Å². The van der Waals surface area contributed by atoms with E-state index in [0.717, 1.165) is 34.7 Å². The van der Waals surface area contributed by atoms with E-state index in [9.17, 15) is 45.6 Å². The second kappa shape index (κ2) is 22.5. The summed E-state index contributed by atoms with van der Waals surface area (Å²) in [5, 5.41) is 99.2. The SMILES string of the molecule is NCCCCc1ccc(-c2cnc(CCC(=O)OCCCCN(C[C@H](O)[C@@H](O)[C@H](O)[C@H](O)CO)C[C@H](O)[C@@H](O)[C@H](O)[C@H](O)CO)s2)cc1. The summed E-state index contributed by atoms with van der Waals surface area (Å²) in [6.45, 7) is -1.56. The number of carbonyl (C=O) groups excluding carboxylic acids is 1. The Bertz CT molecular complexity index is 1130. The maximum atomic E-state index is 12.4. The van der Waals surface area contributed by atoms with Gasteiger partial charge in [0.25, 0.3) is 0 Å². The average Bonchev–Trinajstić information content (AvgIpc) is 3.57. The number of nitrogens with zero attached hydrogens (tertiary/aromatic N) is 2. The van der Waals surface area contributed by atoms with E-state index >= 15 is 0 Å². The van der Waals surface area contributed by atoms with Crippen LogP contribution in [0.4, 0.5) is 0 Å². The largest absolute Gasteiger partial charge is 0.466 e. The molecule has 0 radical (unpaired) electrons. The Morgan fingerprint density at radius 2 is 1.33 bits per heavy atom. The number of ether oxygens (including phenoxy) is 1. The van der Waals surface area contributed by atoms with Gasteiger partial charge in [-0.15, -0.1) is 11.3 Å². The highest BCUT2D eigenvalue weighted by Crippen LogP contribution is 2.27. The second-order valence-electron chi connectivity index (χ2n) is 11.8. The van der Waals surface area contributed by atoms with Crippen molar-refractivity contribution < 1.29 is 60.6 Å². The van der Waals surface area contributed by atoms with Crippen molar-refractivity contribution in [2.45, 2.75) is 93.8 Å². The van der Waals surface area contributed by atoms with E-state index in [4.69, 9.17) is 20.7 Å². The van der Waals surface area contributed by atoms with Crippen LogP contribution in [0.5, 0.6) is 0 Å². The predicted octanol–water partition coefficient (Wildman–Crippen LogP) is -2.48. The van der Waals surface area contributed by atoms with Crippen molar-refractivity contribution >= 4 is 17.3 Å². The van der Waals surface area contributed by atoms with Crippen molar-refractivity contribution in [3.63, 3.8) is 0 Å². The Morgan fingerprint density at radius 1 is 0.771 bits per heavy atom. The average molecular weight is 704 g/mol. The molecule has 1 aromatic heterocycles. The van der Waals surface area contributed by atoms with E-state index < -0.39 is 68.0 Å². The Labute approximate surface area is 284 Å². The molecule has 48 heavy (non-hydrogen) atoms. The summed E-state index contributed by atoms with van der Waals surface area (Å²) in [6, 6.07) is 8.32. The number of hydrogen-bond donors (Lipinski definition) is 11. The van der Waals surface area contributed by atoms with Crippen molar-refractivity contribution in [2.75, 3.05) is 46.0 Å². The van der Waals surface area contributed by atoms with Crippen molar-refractivity contribution in [3.8, 4) is 10.4 Å². The Kier molecular flexibility index (Phi) is 19.7. The van der Waals surface area contributed by atoms with Crippen molar-refractivity contribution in [1.29, 1.82) is 0 Å². The molecule has 0 amide bonds. The number of aliphatic hydroxyl groups excluding tert-OH is 10. The molecule has 0 spiro atoms. The molecule has 15 nitrogen and oxygen atoms in total. The number of esters is 1. The number of benzene rings is 1. The van der Waals surface area contributed by atoms with Crippen molar-refractivity contribution in [1.82, 2.24) is 9.88 Å². The predicted molar refractivity (Wildman–Crippen MR) is 177 cm³/mol. The minimum Gasteiger partial charge on any atom is -0.466 e. The highest BCUT2D eigenvalue weighted by molar-refractivity contribution is 7.15. The van der Waals surface area contributed by atoms with Crippen molar-refractivity contribution in [3.05, 3.63) is 41.0 Å². The van der Waals surface area contributed by atoms with Crippen LogP contribution in [-0.2, 0) is 22.4 Å². The zero-order valence-corrected chi connectivity index (χ0v) is 27.9. The van der Waals surface area contributed by atoms with Crippen molar-refractivity contribution in [2.24, 2.45) is 5.73 Å². The number of aliphatic hydroxyl groups is 10. The third-order valence-corrected chi connectivity index (χ3v) is 9.03. The van der Waals surface area contributed by atoms with Crippen LogP contribution in [0.2, 0.25) is 0 Å². The number of hydrogen-bond acceptors (Lipinski definition) is 16. The highest BCUT2D eigenvalue weighted by atomic mass is 32.1. The van der Waals surface area contributed by atoms with Gasteiger partial charge in [0, 0.05) is 25.7 Å². The van der Waals surface area contributed by atoms with Gasteiger partial charge in [-0.3, -0.25) is 9.69 Å². The molecule has 0 saturated carbocycles. The minimum atomic E-state index is -1.87. The molecule has 0 fully saturated rings. The summed E-state index contributed by atoms with van der Waals surface area (Å²) in [4.78, 5) is 19.2. The van der Waals surface area contributed by atoms with E-state index in [1.165, 1.54) is 21.8 Å². The molecule has 0 aliphatic heterocycles. The van der Waals surface area contributed by atoms with E-state index in [0.29, 0.717) is 25.8 Å². The Hall–Kier alpha value is -2.16. The molecule has 2 aromatic rings.